The Bertz CT molecular complexity index is 1100. The second kappa shape index (κ2) is 9.52. The normalized spacial score (nSPS) is 21.4. The van der Waals surface area contributed by atoms with Crippen LogP contribution in [0.15, 0.2) is 54.6 Å². The van der Waals surface area contributed by atoms with Crippen LogP contribution in [0.2, 0.25) is 0 Å². The first kappa shape index (κ1) is 23.3. The number of benzene rings is 2. The Labute approximate surface area is 194 Å². The number of sulfonamides is 1. The number of piperidine rings is 1. The molecule has 0 aromatic heterocycles. The van der Waals surface area contributed by atoms with Crippen molar-refractivity contribution in [2.45, 2.75) is 43.8 Å². The molecule has 4 rings (SSSR count). The number of amides is 2. The first-order valence-electron chi connectivity index (χ1n) is 11.1. The number of likely N-dealkylation sites (tertiary alicyclic amines) is 1. The van der Waals surface area contributed by atoms with Crippen molar-refractivity contribution in [1.29, 1.82) is 0 Å². The third kappa shape index (κ3) is 5.91. The van der Waals surface area contributed by atoms with Crippen LogP contribution in [-0.4, -0.2) is 66.8 Å². The van der Waals surface area contributed by atoms with E-state index in [4.69, 9.17) is 0 Å². The van der Waals surface area contributed by atoms with Crippen molar-refractivity contribution in [3.8, 4) is 0 Å². The van der Waals surface area contributed by atoms with E-state index in [1.807, 2.05) is 35.1 Å². The van der Waals surface area contributed by atoms with E-state index >= 15 is 0 Å². The first-order chi connectivity index (χ1) is 15.7. The highest BCUT2D eigenvalue weighted by atomic mass is 32.2. The molecule has 0 spiro atoms. The lowest BCUT2D eigenvalue weighted by atomic mass is 10.0. The van der Waals surface area contributed by atoms with Crippen LogP contribution in [0.4, 0.5) is 4.79 Å². The third-order valence-electron chi connectivity index (χ3n) is 6.41. The summed E-state index contributed by atoms with van der Waals surface area (Å²) in [6.45, 7) is 2.30. The van der Waals surface area contributed by atoms with Gasteiger partial charge in [-0.3, -0.25) is 9.69 Å². The molecule has 2 N–H and O–H groups in total. The fourth-order valence-corrected chi connectivity index (χ4v) is 5.17. The molecule has 2 aromatic rings. The maximum Gasteiger partial charge on any atom is 0.407 e. The highest BCUT2D eigenvalue weighted by Gasteiger charge is 2.47. The number of carbonyl (C=O) groups is 2. The van der Waals surface area contributed by atoms with E-state index < -0.39 is 22.0 Å². The number of rotatable bonds is 7. The van der Waals surface area contributed by atoms with Crippen LogP contribution < -0.4 is 4.72 Å². The molecule has 8 nitrogen and oxygen atoms in total. The molecule has 2 fully saturated rings. The summed E-state index contributed by atoms with van der Waals surface area (Å²) in [6.07, 6.45) is 2.58. The zero-order valence-corrected chi connectivity index (χ0v) is 19.4. The van der Waals surface area contributed by atoms with Gasteiger partial charge in [-0.15, -0.1) is 0 Å². The number of carbonyl (C=O) groups excluding carboxylic acids is 1. The fourth-order valence-electron chi connectivity index (χ4n) is 4.72. The summed E-state index contributed by atoms with van der Waals surface area (Å²) in [7, 11) is -3.60. The Kier molecular flexibility index (Phi) is 6.71. The van der Waals surface area contributed by atoms with Gasteiger partial charge in [-0.05, 0) is 42.5 Å². The largest absolute Gasteiger partial charge is 0.465 e. The van der Waals surface area contributed by atoms with E-state index in [-0.39, 0.29) is 17.6 Å². The van der Waals surface area contributed by atoms with Crippen LogP contribution in [0.5, 0.6) is 0 Å². The Morgan fingerprint density at radius 3 is 2.27 bits per heavy atom. The summed E-state index contributed by atoms with van der Waals surface area (Å²) in [5.41, 5.74) is 2.52. The zero-order chi connectivity index (χ0) is 23.6. The van der Waals surface area contributed by atoms with Crippen molar-refractivity contribution in [2.75, 3.05) is 19.3 Å². The van der Waals surface area contributed by atoms with Gasteiger partial charge < -0.3 is 10.0 Å². The highest BCUT2D eigenvalue weighted by Crippen LogP contribution is 2.46. The average molecular weight is 472 g/mol. The van der Waals surface area contributed by atoms with Gasteiger partial charge in [0.1, 0.15) is 0 Å². The molecule has 0 radical (unpaired) electrons. The average Bonchev–Trinajstić information content (AvgIpc) is 3.55. The van der Waals surface area contributed by atoms with Crippen molar-refractivity contribution in [3.05, 3.63) is 71.3 Å². The van der Waals surface area contributed by atoms with Crippen LogP contribution >= 0.6 is 0 Å². The zero-order valence-electron chi connectivity index (χ0n) is 18.6. The van der Waals surface area contributed by atoms with Gasteiger partial charge in [-0.2, -0.15) is 0 Å². The fraction of sp³-hybridized carbons (Fsp3) is 0.417. The van der Waals surface area contributed by atoms with Crippen molar-refractivity contribution in [2.24, 2.45) is 0 Å². The quantitative estimate of drug-likeness (QED) is 0.643. The summed E-state index contributed by atoms with van der Waals surface area (Å²) in [6, 6.07) is 17.1. The standard InChI is InChI=1S/C24H29N3O5S/c1-33(31,32)25-23(28)19-9-7-17(8-10-19)16-26-13-11-20(12-14-26)27(24(29)30)22-15-21(22)18-5-3-2-4-6-18/h2-10,20-22H,11-16H2,1H3,(H,25,28)(H,29,30)/t21-,22+/m0/s1. The van der Waals surface area contributed by atoms with Gasteiger partial charge in [-0.1, -0.05) is 42.5 Å². The Morgan fingerprint density at radius 1 is 1.06 bits per heavy atom. The molecular weight excluding hydrogens is 442 g/mol. The summed E-state index contributed by atoms with van der Waals surface area (Å²) in [5, 5.41) is 9.89. The van der Waals surface area contributed by atoms with Crippen molar-refractivity contribution < 1.29 is 23.1 Å². The molecule has 2 aromatic carbocycles. The lowest BCUT2D eigenvalue weighted by Crippen LogP contribution is -2.48. The van der Waals surface area contributed by atoms with Crippen LogP contribution in [0.3, 0.4) is 0 Å². The minimum absolute atomic E-state index is 0.0273. The van der Waals surface area contributed by atoms with Gasteiger partial charge in [-0.25, -0.2) is 17.9 Å². The van der Waals surface area contributed by atoms with Crippen LogP contribution in [0, 0.1) is 0 Å². The van der Waals surface area contributed by atoms with Gasteiger partial charge in [0.15, 0.2) is 0 Å². The predicted molar refractivity (Wildman–Crippen MR) is 125 cm³/mol. The molecule has 176 valence electrons. The molecule has 2 amide bonds. The Balaban J connectivity index is 1.30. The van der Waals surface area contributed by atoms with Crippen LogP contribution in [0.25, 0.3) is 0 Å². The Hall–Kier alpha value is -2.91. The van der Waals surface area contributed by atoms with Crippen molar-refractivity contribution in [3.63, 3.8) is 0 Å². The predicted octanol–water partition coefficient (Wildman–Crippen LogP) is 2.88. The molecule has 1 saturated carbocycles. The molecule has 0 unspecified atom stereocenters. The molecule has 9 heteroatoms. The molecule has 1 aliphatic heterocycles. The Morgan fingerprint density at radius 2 is 1.70 bits per heavy atom. The van der Waals surface area contributed by atoms with E-state index in [0.717, 1.165) is 44.2 Å². The van der Waals surface area contributed by atoms with E-state index in [2.05, 4.69) is 17.0 Å². The highest BCUT2D eigenvalue weighted by molar-refractivity contribution is 7.89. The van der Waals surface area contributed by atoms with Gasteiger partial charge >= 0.3 is 6.09 Å². The first-order valence-corrected chi connectivity index (χ1v) is 13.0. The van der Waals surface area contributed by atoms with Crippen LogP contribution in [-0.2, 0) is 16.6 Å². The molecular formula is C24H29N3O5S. The molecule has 1 heterocycles. The minimum Gasteiger partial charge on any atom is -0.465 e. The summed E-state index contributed by atoms with van der Waals surface area (Å²) < 4.78 is 24.4. The van der Waals surface area contributed by atoms with E-state index in [9.17, 15) is 23.1 Å². The minimum atomic E-state index is -3.60. The lowest BCUT2D eigenvalue weighted by molar-refractivity contribution is 0.0834. The monoisotopic (exact) mass is 471 g/mol. The maximum absolute atomic E-state index is 12.0. The van der Waals surface area contributed by atoms with E-state index in [0.29, 0.717) is 12.5 Å². The molecule has 2 aliphatic rings. The van der Waals surface area contributed by atoms with Gasteiger partial charge in [0.25, 0.3) is 5.91 Å². The molecule has 33 heavy (non-hydrogen) atoms. The number of carboxylic acid groups (broad SMARTS) is 1. The molecule has 1 aliphatic carbocycles. The molecule has 2 atom stereocenters. The van der Waals surface area contributed by atoms with Gasteiger partial charge in [0, 0.05) is 43.2 Å². The number of hydrogen-bond acceptors (Lipinski definition) is 5. The van der Waals surface area contributed by atoms with Crippen molar-refractivity contribution >= 4 is 22.0 Å². The third-order valence-corrected chi connectivity index (χ3v) is 6.97. The second-order valence-electron chi connectivity index (χ2n) is 8.92. The molecule has 1 saturated heterocycles. The van der Waals surface area contributed by atoms with Crippen LogP contribution in [0.1, 0.15) is 46.7 Å². The lowest BCUT2D eigenvalue weighted by Gasteiger charge is -2.37. The number of nitrogens with one attached hydrogen (secondary N) is 1. The number of nitrogens with zero attached hydrogens (tertiary/aromatic N) is 2. The number of hydrogen-bond donors (Lipinski definition) is 2. The SMILES string of the molecule is CS(=O)(=O)NC(=O)c1ccc(CN2CCC(N(C(=O)O)[C@@H]3C[C@H]3c3ccccc3)CC2)cc1. The van der Waals surface area contributed by atoms with E-state index in [1.54, 1.807) is 17.0 Å². The van der Waals surface area contributed by atoms with E-state index in [1.165, 1.54) is 5.56 Å². The molecule has 0 bridgehead atoms. The van der Waals surface area contributed by atoms with Crippen molar-refractivity contribution in [1.82, 2.24) is 14.5 Å². The van der Waals surface area contributed by atoms with Gasteiger partial charge in [0.2, 0.25) is 10.0 Å². The topological polar surface area (TPSA) is 107 Å². The summed E-state index contributed by atoms with van der Waals surface area (Å²) in [5.74, 6) is -0.355. The van der Waals surface area contributed by atoms with Gasteiger partial charge in [0.05, 0.1) is 6.26 Å². The maximum atomic E-state index is 12.0. The second-order valence-corrected chi connectivity index (χ2v) is 10.7. The summed E-state index contributed by atoms with van der Waals surface area (Å²) >= 11 is 0. The smallest absolute Gasteiger partial charge is 0.407 e. The summed E-state index contributed by atoms with van der Waals surface area (Å²) in [4.78, 5) is 27.9.